The molecular formula is C12H9N3O3. The molecule has 0 fully saturated rings. The number of amides is 1. The molecule has 2 heterocycles. The zero-order valence-electron chi connectivity index (χ0n) is 9.20. The van der Waals surface area contributed by atoms with E-state index in [2.05, 4.69) is 4.98 Å². The lowest BCUT2D eigenvalue weighted by Crippen LogP contribution is -2.10. The third kappa shape index (κ3) is 1.43. The van der Waals surface area contributed by atoms with Crippen molar-refractivity contribution < 1.29 is 14.4 Å². The van der Waals surface area contributed by atoms with Gasteiger partial charge in [0.05, 0.1) is 11.8 Å². The standard InChI is InChI=1S/C12H9N3O3/c13-11(16)7-3-4-8-9(6-7)15(17)12(14-8)10-2-1-5-18-10/h1-6,17H,(H2,13,16). The van der Waals surface area contributed by atoms with E-state index in [0.717, 1.165) is 4.73 Å². The van der Waals surface area contributed by atoms with Crippen LogP contribution in [0.5, 0.6) is 0 Å². The molecule has 0 saturated carbocycles. The number of carbonyl (C=O) groups excluding carboxylic acids is 1. The Hall–Kier alpha value is -2.76. The molecule has 0 aliphatic rings. The van der Waals surface area contributed by atoms with Crippen molar-refractivity contribution in [1.29, 1.82) is 0 Å². The molecule has 0 radical (unpaired) electrons. The van der Waals surface area contributed by atoms with Gasteiger partial charge in [0, 0.05) is 5.56 Å². The Kier molecular flexibility index (Phi) is 2.09. The van der Waals surface area contributed by atoms with Crippen LogP contribution in [0.15, 0.2) is 41.0 Å². The molecule has 3 N–H and O–H groups in total. The largest absolute Gasteiger partial charge is 0.461 e. The molecule has 0 unspecified atom stereocenters. The Morgan fingerprint density at radius 2 is 2.22 bits per heavy atom. The third-order valence-electron chi connectivity index (χ3n) is 2.66. The summed E-state index contributed by atoms with van der Waals surface area (Å²) in [5, 5.41) is 10.0. The number of benzene rings is 1. The maximum absolute atomic E-state index is 11.1. The number of primary amides is 1. The van der Waals surface area contributed by atoms with Crippen LogP contribution in [0.4, 0.5) is 0 Å². The van der Waals surface area contributed by atoms with Crippen molar-refractivity contribution in [1.82, 2.24) is 9.71 Å². The second kappa shape index (κ2) is 3.63. The molecule has 0 atom stereocenters. The van der Waals surface area contributed by atoms with E-state index < -0.39 is 5.91 Å². The molecule has 2 aromatic heterocycles. The zero-order valence-corrected chi connectivity index (χ0v) is 9.20. The second-order valence-corrected chi connectivity index (χ2v) is 3.79. The van der Waals surface area contributed by atoms with Gasteiger partial charge in [-0.15, -0.1) is 0 Å². The van der Waals surface area contributed by atoms with Crippen LogP contribution in [0.1, 0.15) is 10.4 Å². The smallest absolute Gasteiger partial charge is 0.248 e. The molecule has 18 heavy (non-hydrogen) atoms. The van der Waals surface area contributed by atoms with Gasteiger partial charge >= 0.3 is 0 Å². The Labute approximate surface area is 101 Å². The summed E-state index contributed by atoms with van der Waals surface area (Å²) in [5.41, 5.74) is 6.45. The molecule has 0 aliphatic carbocycles. The van der Waals surface area contributed by atoms with Gasteiger partial charge in [0.2, 0.25) is 11.7 Å². The van der Waals surface area contributed by atoms with E-state index in [-0.39, 0.29) is 5.82 Å². The lowest BCUT2D eigenvalue weighted by Gasteiger charge is -1.98. The summed E-state index contributed by atoms with van der Waals surface area (Å²) in [5.74, 6) is 0.156. The second-order valence-electron chi connectivity index (χ2n) is 3.79. The van der Waals surface area contributed by atoms with Crippen LogP contribution in [0, 0.1) is 0 Å². The molecule has 6 nitrogen and oxygen atoms in total. The lowest BCUT2D eigenvalue weighted by atomic mass is 10.2. The van der Waals surface area contributed by atoms with Gasteiger partial charge in [-0.05, 0) is 30.3 Å². The summed E-state index contributed by atoms with van der Waals surface area (Å²) >= 11 is 0. The summed E-state index contributed by atoms with van der Waals surface area (Å²) in [6, 6.07) is 8.04. The third-order valence-corrected chi connectivity index (χ3v) is 2.66. The van der Waals surface area contributed by atoms with Crippen molar-refractivity contribution in [2.45, 2.75) is 0 Å². The molecule has 0 spiro atoms. The average Bonchev–Trinajstić information content (AvgIpc) is 2.97. The Morgan fingerprint density at radius 3 is 2.89 bits per heavy atom. The number of imidazole rings is 1. The fraction of sp³-hybridized carbons (Fsp3) is 0. The zero-order chi connectivity index (χ0) is 12.7. The quantitative estimate of drug-likeness (QED) is 0.669. The number of fused-ring (bicyclic) bond motifs is 1. The van der Waals surface area contributed by atoms with Crippen LogP contribution in [-0.2, 0) is 0 Å². The van der Waals surface area contributed by atoms with E-state index in [9.17, 15) is 10.0 Å². The van der Waals surface area contributed by atoms with E-state index in [4.69, 9.17) is 10.2 Å². The minimum Gasteiger partial charge on any atom is -0.461 e. The number of aromatic nitrogens is 2. The van der Waals surface area contributed by atoms with Crippen molar-refractivity contribution >= 4 is 16.9 Å². The maximum Gasteiger partial charge on any atom is 0.248 e. The van der Waals surface area contributed by atoms with E-state index in [0.29, 0.717) is 22.4 Å². The van der Waals surface area contributed by atoms with Crippen LogP contribution in [0.2, 0.25) is 0 Å². The molecule has 90 valence electrons. The van der Waals surface area contributed by atoms with Crippen LogP contribution < -0.4 is 5.73 Å². The molecule has 1 aromatic carbocycles. The molecule has 6 heteroatoms. The highest BCUT2D eigenvalue weighted by molar-refractivity contribution is 5.96. The summed E-state index contributed by atoms with van der Waals surface area (Å²) in [4.78, 5) is 15.3. The predicted octanol–water partition coefficient (Wildman–Crippen LogP) is 1.63. The molecule has 3 rings (SSSR count). The first kappa shape index (κ1) is 10.4. The number of nitrogens with zero attached hydrogens (tertiary/aromatic N) is 2. The monoisotopic (exact) mass is 243 g/mol. The van der Waals surface area contributed by atoms with E-state index in [1.54, 1.807) is 24.3 Å². The van der Waals surface area contributed by atoms with Crippen molar-refractivity contribution in [3.63, 3.8) is 0 Å². The molecular weight excluding hydrogens is 234 g/mol. The van der Waals surface area contributed by atoms with Crippen molar-refractivity contribution in [2.24, 2.45) is 5.73 Å². The number of carbonyl (C=O) groups is 1. The first-order valence-electron chi connectivity index (χ1n) is 5.22. The van der Waals surface area contributed by atoms with E-state index in [1.165, 1.54) is 12.3 Å². The summed E-state index contributed by atoms with van der Waals surface area (Å²) in [6.45, 7) is 0. The number of nitrogens with two attached hydrogens (primary N) is 1. The van der Waals surface area contributed by atoms with Crippen LogP contribution in [-0.4, -0.2) is 20.8 Å². The van der Waals surface area contributed by atoms with Crippen LogP contribution in [0.25, 0.3) is 22.6 Å². The van der Waals surface area contributed by atoms with Gasteiger partial charge in [0.15, 0.2) is 5.76 Å². The fourth-order valence-electron chi connectivity index (χ4n) is 1.78. The van der Waals surface area contributed by atoms with Gasteiger partial charge in [0.1, 0.15) is 5.52 Å². The molecule has 3 aromatic rings. The summed E-state index contributed by atoms with van der Waals surface area (Å²) in [6.07, 6.45) is 1.49. The van der Waals surface area contributed by atoms with E-state index in [1.807, 2.05) is 0 Å². The lowest BCUT2D eigenvalue weighted by molar-refractivity contribution is 0.100. The van der Waals surface area contributed by atoms with Crippen LogP contribution in [0.3, 0.4) is 0 Å². The maximum atomic E-state index is 11.1. The minimum absolute atomic E-state index is 0.275. The molecule has 0 aliphatic heterocycles. The highest BCUT2D eigenvalue weighted by Crippen LogP contribution is 2.24. The molecule has 0 saturated heterocycles. The molecule has 0 bridgehead atoms. The van der Waals surface area contributed by atoms with Crippen molar-refractivity contribution in [2.75, 3.05) is 0 Å². The highest BCUT2D eigenvalue weighted by Gasteiger charge is 2.15. The normalized spacial score (nSPS) is 10.9. The van der Waals surface area contributed by atoms with Gasteiger partial charge in [-0.25, -0.2) is 4.98 Å². The van der Waals surface area contributed by atoms with Crippen LogP contribution >= 0.6 is 0 Å². The Bertz CT molecular complexity index is 728. The minimum atomic E-state index is -0.558. The topological polar surface area (TPSA) is 94.3 Å². The van der Waals surface area contributed by atoms with Crippen molar-refractivity contribution in [3.8, 4) is 11.6 Å². The Morgan fingerprint density at radius 1 is 1.39 bits per heavy atom. The van der Waals surface area contributed by atoms with Gasteiger partial charge in [-0.3, -0.25) is 4.79 Å². The first-order valence-corrected chi connectivity index (χ1v) is 5.22. The SMILES string of the molecule is NC(=O)c1ccc2nc(-c3ccco3)n(O)c2c1. The summed E-state index contributed by atoms with van der Waals surface area (Å²) in [7, 11) is 0. The number of hydrogen-bond acceptors (Lipinski definition) is 4. The average molecular weight is 243 g/mol. The van der Waals surface area contributed by atoms with Gasteiger partial charge in [0.25, 0.3) is 0 Å². The highest BCUT2D eigenvalue weighted by atomic mass is 16.5. The number of rotatable bonds is 2. The van der Waals surface area contributed by atoms with Gasteiger partial charge in [-0.1, -0.05) is 0 Å². The van der Waals surface area contributed by atoms with Crippen molar-refractivity contribution in [3.05, 3.63) is 42.2 Å². The molecule has 1 amide bonds. The fourth-order valence-corrected chi connectivity index (χ4v) is 1.78. The van der Waals surface area contributed by atoms with E-state index >= 15 is 0 Å². The number of hydrogen-bond donors (Lipinski definition) is 2. The summed E-state index contributed by atoms with van der Waals surface area (Å²) < 4.78 is 6.05. The predicted molar refractivity (Wildman–Crippen MR) is 63.1 cm³/mol. The van der Waals surface area contributed by atoms with Gasteiger partial charge < -0.3 is 15.4 Å². The number of furan rings is 1. The first-order chi connectivity index (χ1) is 8.66. The van der Waals surface area contributed by atoms with Gasteiger partial charge in [-0.2, -0.15) is 4.73 Å². The Balaban J connectivity index is 2.25.